The van der Waals surface area contributed by atoms with E-state index in [1.165, 1.54) is 4.90 Å². The molecule has 3 heterocycles. The van der Waals surface area contributed by atoms with E-state index in [1.807, 2.05) is 13.8 Å². The maximum atomic E-state index is 11.8. The molecule has 7 heteroatoms. The zero-order valence-electron chi connectivity index (χ0n) is 11.5. The van der Waals surface area contributed by atoms with Gasteiger partial charge in [0.15, 0.2) is 0 Å². The maximum absolute atomic E-state index is 11.8. The van der Waals surface area contributed by atoms with E-state index in [2.05, 4.69) is 15.3 Å². The number of imide groups is 1. The number of ether oxygens (including phenoxy) is 1. The molecule has 1 atom stereocenters. The first-order valence-electron chi connectivity index (χ1n) is 6.63. The second-order valence-electron chi connectivity index (χ2n) is 5.07. The van der Waals surface area contributed by atoms with Gasteiger partial charge in [-0.2, -0.15) is 4.98 Å². The number of nitrogens with one attached hydrogen (secondary N) is 1. The van der Waals surface area contributed by atoms with Crippen LogP contribution in [0.5, 0.6) is 5.88 Å². The Morgan fingerprint density at radius 2 is 2.15 bits per heavy atom. The van der Waals surface area contributed by atoms with Crippen LogP contribution in [0.2, 0.25) is 0 Å². The molecular formula is C13H16N4O3. The molecule has 0 unspecified atom stereocenters. The summed E-state index contributed by atoms with van der Waals surface area (Å²) < 4.78 is 5.74. The van der Waals surface area contributed by atoms with Crippen LogP contribution in [0.1, 0.15) is 23.5 Å². The second kappa shape index (κ2) is 4.73. The maximum Gasteiger partial charge on any atom is 0.324 e. The lowest BCUT2D eigenvalue weighted by molar-refractivity contribution is -0.130. The highest BCUT2D eigenvalue weighted by Crippen LogP contribution is 2.29. The first-order valence-corrected chi connectivity index (χ1v) is 6.63. The molecule has 0 aliphatic carbocycles. The molecule has 2 aliphatic rings. The molecule has 3 rings (SSSR count). The number of aryl methyl sites for hydroxylation is 2. The average molecular weight is 276 g/mol. The van der Waals surface area contributed by atoms with Crippen LogP contribution in [0, 0.1) is 13.8 Å². The van der Waals surface area contributed by atoms with E-state index >= 15 is 0 Å². The number of amides is 3. The third-order valence-corrected chi connectivity index (χ3v) is 3.55. The number of urea groups is 1. The van der Waals surface area contributed by atoms with Gasteiger partial charge < -0.3 is 10.1 Å². The Hall–Kier alpha value is -2.18. The summed E-state index contributed by atoms with van der Waals surface area (Å²) in [5.74, 6) is 1.07. The lowest BCUT2D eigenvalue weighted by atomic mass is 10.1. The van der Waals surface area contributed by atoms with Crippen LogP contribution >= 0.6 is 0 Å². The lowest BCUT2D eigenvalue weighted by Crippen LogP contribution is -2.52. The highest BCUT2D eigenvalue weighted by Gasteiger charge is 2.33. The molecular weight excluding hydrogens is 260 g/mol. The summed E-state index contributed by atoms with van der Waals surface area (Å²) in [6.45, 7) is 4.38. The Labute approximate surface area is 116 Å². The standard InChI is InChI=1S/C13H16N4O3/c1-7-10-5-9(20-12(10)16-8(2)15-7)6-17-11(18)3-4-14-13(17)19/h9H,3-6H2,1-2H3,(H,14,19)/t9-/m0/s1. The van der Waals surface area contributed by atoms with E-state index in [9.17, 15) is 9.59 Å². The van der Waals surface area contributed by atoms with Gasteiger partial charge in [-0.05, 0) is 13.8 Å². The van der Waals surface area contributed by atoms with Crippen molar-refractivity contribution in [3.63, 3.8) is 0 Å². The Morgan fingerprint density at radius 3 is 2.90 bits per heavy atom. The smallest absolute Gasteiger partial charge is 0.324 e. The van der Waals surface area contributed by atoms with Gasteiger partial charge in [-0.1, -0.05) is 0 Å². The fraction of sp³-hybridized carbons (Fsp3) is 0.538. The molecule has 1 aromatic rings. The number of aromatic nitrogens is 2. The van der Waals surface area contributed by atoms with Gasteiger partial charge in [0.2, 0.25) is 11.8 Å². The van der Waals surface area contributed by atoms with Gasteiger partial charge in [-0.15, -0.1) is 0 Å². The Morgan fingerprint density at radius 1 is 1.35 bits per heavy atom. The monoisotopic (exact) mass is 276 g/mol. The lowest BCUT2D eigenvalue weighted by Gasteiger charge is -2.27. The summed E-state index contributed by atoms with van der Waals surface area (Å²) >= 11 is 0. The topological polar surface area (TPSA) is 84.4 Å². The van der Waals surface area contributed by atoms with Crippen LogP contribution in [0.3, 0.4) is 0 Å². The molecule has 20 heavy (non-hydrogen) atoms. The van der Waals surface area contributed by atoms with Crippen molar-refractivity contribution in [1.82, 2.24) is 20.2 Å². The molecule has 0 saturated carbocycles. The fourth-order valence-corrected chi connectivity index (χ4v) is 2.57. The molecule has 1 fully saturated rings. The van der Waals surface area contributed by atoms with Gasteiger partial charge in [-0.3, -0.25) is 9.69 Å². The highest BCUT2D eigenvalue weighted by molar-refractivity contribution is 5.96. The van der Waals surface area contributed by atoms with Crippen molar-refractivity contribution >= 4 is 11.9 Å². The molecule has 3 amide bonds. The number of carbonyl (C=O) groups excluding carboxylic acids is 2. The third-order valence-electron chi connectivity index (χ3n) is 3.55. The molecule has 1 aromatic heterocycles. The van der Waals surface area contributed by atoms with Crippen molar-refractivity contribution in [1.29, 1.82) is 0 Å². The SMILES string of the molecule is Cc1nc(C)c2c(n1)O[C@H](CN1C(=O)CCNC1=O)C2. The zero-order valence-corrected chi connectivity index (χ0v) is 11.5. The van der Waals surface area contributed by atoms with E-state index in [-0.39, 0.29) is 24.6 Å². The second-order valence-corrected chi connectivity index (χ2v) is 5.07. The number of fused-ring (bicyclic) bond motifs is 1. The summed E-state index contributed by atoms with van der Waals surface area (Å²) in [5, 5.41) is 2.66. The van der Waals surface area contributed by atoms with Crippen LogP contribution in [0.25, 0.3) is 0 Å². The van der Waals surface area contributed by atoms with Crippen LogP contribution < -0.4 is 10.1 Å². The first-order chi connectivity index (χ1) is 9.54. The molecule has 1 saturated heterocycles. The molecule has 0 radical (unpaired) electrons. The van der Waals surface area contributed by atoms with E-state index in [4.69, 9.17) is 4.74 Å². The van der Waals surface area contributed by atoms with Crippen molar-refractivity contribution < 1.29 is 14.3 Å². The molecule has 2 aliphatic heterocycles. The van der Waals surface area contributed by atoms with Gasteiger partial charge in [-0.25, -0.2) is 9.78 Å². The highest BCUT2D eigenvalue weighted by atomic mass is 16.5. The Bertz CT molecular complexity index is 571. The third kappa shape index (κ3) is 2.19. The number of carbonyl (C=O) groups is 2. The van der Waals surface area contributed by atoms with Crippen molar-refractivity contribution in [3.05, 3.63) is 17.1 Å². The van der Waals surface area contributed by atoms with Crippen molar-refractivity contribution in [3.8, 4) is 5.88 Å². The molecule has 0 bridgehead atoms. The molecule has 106 valence electrons. The van der Waals surface area contributed by atoms with Gasteiger partial charge in [0.1, 0.15) is 11.9 Å². The number of rotatable bonds is 2. The van der Waals surface area contributed by atoms with E-state index < -0.39 is 0 Å². The first kappa shape index (κ1) is 12.8. The number of hydrogen-bond donors (Lipinski definition) is 1. The van der Waals surface area contributed by atoms with Crippen LogP contribution in [-0.4, -0.2) is 46.0 Å². The molecule has 1 N–H and O–H groups in total. The Kier molecular flexibility index (Phi) is 3.04. The van der Waals surface area contributed by atoms with Crippen LogP contribution in [0.15, 0.2) is 0 Å². The summed E-state index contributed by atoms with van der Waals surface area (Å²) in [6.07, 6.45) is 0.717. The normalized spacial score (nSPS) is 21.5. The minimum absolute atomic E-state index is 0.160. The predicted octanol–water partition coefficient (Wildman–Crippen LogP) is 0.339. The average Bonchev–Trinajstić information content (AvgIpc) is 2.77. The van der Waals surface area contributed by atoms with E-state index in [1.54, 1.807) is 0 Å². The van der Waals surface area contributed by atoms with Gasteiger partial charge in [0.25, 0.3) is 0 Å². The minimum Gasteiger partial charge on any atom is -0.472 e. The van der Waals surface area contributed by atoms with Crippen LogP contribution in [0.4, 0.5) is 4.79 Å². The van der Waals surface area contributed by atoms with Crippen molar-refractivity contribution in [2.75, 3.05) is 13.1 Å². The van der Waals surface area contributed by atoms with Gasteiger partial charge in [0, 0.05) is 30.6 Å². The van der Waals surface area contributed by atoms with E-state index in [0.717, 1.165) is 11.3 Å². The molecule has 7 nitrogen and oxygen atoms in total. The van der Waals surface area contributed by atoms with Crippen molar-refractivity contribution in [2.45, 2.75) is 32.8 Å². The molecule has 0 spiro atoms. The summed E-state index contributed by atoms with van der Waals surface area (Å²) in [6, 6.07) is -0.347. The van der Waals surface area contributed by atoms with Gasteiger partial charge >= 0.3 is 6.03 Å². The van der Waals surface area contributed by atoms with Crippen molar-refractivity contribution in [2.24, 2.45) is 0 Å². The Balaban J connectivity index is 1.74. The molecule has 0 aromatic carbocycles. The minimum atomic E-state index is -0.347. The van der Waals surface area contributed by atoms with E-state index in [0.29, 0.717) is 31.1 Å². The zero-order chi connectivity index (χ0) is 14.3. The fourth-order valence-electron chi connectivity index (χ4n) is 2.57. The predicted molar refractivity (Wildman–Crippen MR) is 69.4 cm³/mol. The van der Waals surface area contributed by atoms with Gasteiger partial charge in [0.05, 0.1) is 6.54 Å². The summed E-state index contributed by atoms with van der Waals surface area (Å²) in [5.41, 5.74) is 1.86. The number of hydrogen-bond acceptors (Lipinski definition) is 5. The summed E-state index contributed by atoms with van der Waals surface area (Å²) in [4.78, 5) is 33.2. The summed E-state index contributed by atoms with van der Waals surface area (Å²) in [7, 11) is 0. The van der Waals surface area contributed by atoms with Crippen LogP contribution in [-0.2, 0) is 11.2 Å². The number of nitrogens with zero attached hydrogens (tertiary/aromatic N) is 3. The largest absolute Gasteiger partial charge is 0.472 e. The quantitative estimate of drug-likeness (QED) is 0.842.